The molecule has 134 valence electrons. The lowest BCUT2D eigenvalue weighted by molar-refractivity contribution is -0.132. The van der Waals surface area contributed by atoms with Gasteiger partial charge >= 0.3 is 0 Å². The van der Waals surface area contributed by atoms with E-state index in [1.165, 1.54) is 0 Å². The standard InChI is InChI=1S/C20H26N2O3/c1-13-6-8-15(9-7-13)19(21)20(23)22(3)12-16-11-18(25-5)17(24-4)10-14(16)2/h6-11,19H,12,21H2,1-5H3. The summed E-state index contributed by atoms with van der Waals surface area (Å²) in [4.78, 5) is 14.3. The van der Waals surface area contributed by atoms with Gasteiger partial charge in [-0.1, -0.05) is 29.8 Å². The minimum atomic E-state index is -0.675. The zero-order valence-electron chi connectivity index (χ0n) is 15.5. The summed E-state index contributed by atoms with van der Waals surface area (Å²) in [6.07, 6.45) is 0. The van der Waals surface area contributed by atoms with Crippen molar-refractivity contribution in [3.8, 4) is 11.5 Å². The number of rotatable bonds is 6. The van der Waals surface area contributed by atoms with Gasteiger partial charge in [0.05, 0.1) is 14.2 Å². The Morgan fingerprint density at radius 3 is 2.20 bits per heavy atom. The third-order valence-corrected chi connectivity index (χ3v) is 4.33. The molecule has 0 spiro atoms. The number of likely N-dealkylation sites (N-methyl/N-ethyl adjacent to an activating group) is 1. The lowest BCUT2D eigenvalue weighted by Crippen LogP contribution is -2.35. The Kier molecular flexibility index (Phi) is 6.04. The fourth-order valence-corrected chi connectivity index (χ4v) is 2.68. The van der Waals surface area contributed by atoms with E-state index in [2.05, 4.69) is 0 Å². The maximum atomic E-state index is 12.7. The molecule has 0 aliphatic carbocycles. The van der Waals surface area contributed by atoms with Crippen LogP contribution in [0.15, 0.2) is 36.4 Å². The van der Waals surface area contributed by atoms with Crippen molar-refractivity contribution in [2.45, 2.75) is 26.4 Å². The molecule has 2 rings (SSSR count). The molecule has 0 fully saturated rings. The number of carbonyl (C=O) groups excluding carboxylic acids is 1. The summed E-state index contributed by atoms with van der Waals surface area (Å²) >= 11 is 0. The normalized spacial score (nSPS) is 11.8. The van der Waals surface area contributed by atoms with E-state index in [0.29, 0.717) is 18.0 Å². The van der Waals surface area contributed by atoms with Gasteiger partial charge in [0, 0.05) is 13.6 Å². The van der Waals surface area contributed by atoms with Crippen LogP contribution < -0.4 is 15.2 Å². The summed E-state index contributed by atoms with van der Waals surface area (Å²) < 4.78 is 10.7. The Morgan fingerprint density at radius 1 is 1.08 bits per heavy atom. The number of amides is 1. The molecular weight excluding hydrogens is 316 g/mol. The summed E-state index contributed by atoms with van der Waals surface area (Å²) in [5.41, 5.74) is 10.1. The molecule has 1 atom stereocenters. The number of hydrogen-bond donors (Lipinski definition) is 1. The van der Waals surface area contributed by atoms with Gasteiger partial charge < -0.3 is 20.1 Å². The predicted molar refractivity (Wildman–Crippen MR) is 98.9 cm³/mol. The highest BCUT2D eigenvalue weighted by atomic mass is 16.5. The van der Waals surface area contributed by atoms with Crippen LogP contribution in [0.2, 0.25) is 0 Å². The van der Waals surface area contributed by atoms with E-state index in [9.17, 15) is 4.79 Å². The first-order valence-corrected chi connectivity index (χ1v) is 8.16. The highest BCUT2D eigenvalue weighted by molar-refractivity contribution is 5.82. The predicted octanol–water partition coefficient (Wildman–Crippen LogP) is 2.98. The molecule has 2 aromatic carbocycles. The molecule has 2 N–H and O–H groups in total. The highest BCUT2D eigenvalue weighted by Crippen LogP contribution is 2.31. The van der Waals surface area contributed by atoms with E-state index < -0.39 is 6.04 Å². The lowest BCUT2D eigenvalue weighted by atomic mass is 10.0. The first-order valence-electron chi connectivity index (χ1n) is 8.16. The van der Waals surface area contributed by atoms with Crippen LogP contribution >= 0.6 is 0 Å². The number of carbonyl (C=O) groups is 1. The monoisotopic (exact) mass is 342 g/mol. The molecule has 0 aliphatic heterocycles. The van der Waals surface area contributed by atoms with Crippen LogP contribution in [0.3, 0.4) is 0 Å². The van der Waals surface area contributed by atoms with Gasteiger partial charge in [0.15, 0.2) is 11.5 Å². The number of aryl methyl sites for hydroxylation is 2. The molecule has 0 heterocycles. The van der Waals surface area contributed by atoms with Crippen LogP contribution in [0, 0.1) is 13.8 Å². The van der Waals surface area contributed by atoms with Gasteiger partial charge in [-0.05, 0) is 42.7 Å². The van der Waals surface area contributed by atoms with Crippen molar-refractivity contribution in [1.82, 2.24) is 4.90 Å². The fraction of sp³-hybridized carbons (Fsp3) is 0.350. The first kappa shape index (κ1) is 18.8. The number of ether oxygens (including phenoxy) is 2. The average molecular weight is 342 g/mol. The van der Waals surface area contributed by atoms with Crippen molar-refractivity contribution < 1.29 is 14.3 Å². The Morgan fingerprint density at radius 2 is 1.64 bits per heavy atom. The topological polar surface area (TPSA) is 64.8 Å². The van der Waals surface area contributed by atoms with Crippen LogP contribution in [0.5, 0.6) is 11.5 Å². The van der Waals surface area contributed by atoms with Crippen LogP contribution in [-0.4, -0.2) is 32.1 Å². The van der Waals surface area contributed by atoms with E-state index in [0.717, 1.165) is 22.3 Å². The molecule has 0 aliphatic rings. The maximum absolute atomic E-state index is 12.7. The van der Waals surface area contributed by atoms with Gasteiger partial charge in [0.2, 0.25) is 5.91 Å². The molecule has 0 aromatic heterocycles. The van der Waals surface area contributed by atoms with Gasteiger partial charge in [-0.15, -0.1) is 0 Å². The first-order chi connectivity index (χ1) is 11.9. The van der Waals surface area contributed by atoms with Crippen LogP contribution in [-0.2, 0) is 11.3 Å². The molecule has 5 nitrogen and oxygen atoms in total. The van der Waals surface area contributed by atoms with Crippen molar-refractivity contribution in [2.75, 3.05) is 21.3 Å². The van der Waals surface area contributed by atoms with Gasteiger partial charge in [-0.2, -0.15) is 0 Å². The van der Waals surface area contributed by atoms with Crippen molar-refractivity contribution in [1.29, 1.82) is 0 Å². The minimum absolute atomic E-state index is 0.127. The summed E-state index contributed by atoms with van der Waals surface area (Å²) in [5.74, 6) is 1.19. The fourth-order valence-electron chi connectivity index (χ4n) is 2.68. The lowest BCUT2D eigenvalue weighted by Gasteiger charge is -2.23. The zero-order chi connectivity index (χ0) is 18.6. The number of benzene rings is 2. The number of nitrogens with two attached hydrogens (primary N) is 1. The van der Waals surface area contributed by atoms with E-state index >= 15 is 0 Å². The smallest absolute Gasteiger partial charge is 0.244 e. The molecular formula is C20H26N2O3. The van der Waals surface area contributed by atoms with Crippen LogP contribution in [0.4, 0.5) is 0 Å². The van der Waals surface area contributed by atoms with E-state index in [4.69, 9.17) is 15.2 Å². The van der Waals surface area contributed by atoms with E-state index in [-0.39, 0.29) is 5.91 Å². The maximum Gasteiger partial charge on any atom is 0.244 e. The Labute approximate surface area is 149 Å². The molecule has 2 aromatic rings. The van der Waals surface area contributed by atoms with Crippen molar-refractivity contribution in [3.63, 3.8) is 0 Å². The molecule has 25 heavy (non-hydrogen) atoms. The van der Waals surface area contributed by atoms with Gasteiger partial charge in [0.1, 0.15) is 6.04 Å². The average Bonchev–Trinajstić information content (AvgIpc) is 2.62. The molecule has 0 saturated heterocycles. The molecule has 0 bridgehead atoms. The van der Waals surface area contributed by atoms with E-state index in [1.807, 2.05) is 50.2 Å². The Balaban J connectivity index is 2.17. The second kappa shape index (κ2) is 8.03. The highest BCUT2D eigenvalue weighted by Gasteiger charge is 2.21. The summed E-state index contributed by atoms with van der Waals surface area (Å²) in [5, 5.41) is 0. The zero-order valence-corrected chi connectivity index (χ0v) is 15.5. The summed E-state index contributed by atoms with van der Waals surface area (Å²) in [6, 6.07) is 10.8. The Bertz CT molecular complexity index is 741. The van der Waals surface area contributed by atoms with Crippen LogP contribution in [0.25, 0.3) is 0 Å². The molecule has 0 saturated carbocycles. The number of hydrogen-bond acceptors (Lipinski definition) is 4. The molecule has 0 radical (unpaired) electrons. The third kappa shape index (κ3) is 4.31. The minimum Gasteiger partial charge on any atom is -0.493 e. The quantitative estimate of drug-likeness (QED) is 0.876. The third-order valence-electron chi connectivity index (χ3n) is 4.33. The van der Waals surface area contributed by atoms with Gasteiger partial charge in [-0.25, -0.2) is 0 Å². The molecule has 5 heteroatoms. The van der Waals surface area contributed by atoms with Crippen molar-refractivity contribution in [2.24, 2.45) is 5.73 Å². The SMILES string of the molecule is COc1cc(C)c(CN(C)C(=O)C(N)c2ccc(C)cc2)cc1OC. The molecule has 1 unspecified atom stereocenters. The second-order valence-corrected chi connectivity index (χ2v) is 6.22. The number of nitrogens with zero attached hydrogens (tertiary/aromatic N) is 1. The van der Waals surface area contributed by atoms with Gasteiger partial charge in [0.25, 0.3) is 0 Å². The summed E-state index contributed by atoms with van der Waals surface area (Å²) in [7, 11) is 4.96. The Hall–Kier alpha value is -2.53. The molecule has 1 amide bonds. The van der Waals surface area contributed by atoms with Crippen molar-refractivity contribution >= 4 is 5.91 Å². The summed E-state index contributed by atoms with van der Waals surface area (Å²) in [6.45, 7) is 4.43. The largest absolute Gasteiger partial charge is 0.493 e. The van der Waals surface area contributed by atoms with Crippen molar-refractivity contribution in [3.05, 3.63) is 58.7 Å². The van der Waals surface area contributed by atoms with Crippen LogP contribution in [0.1, 0.15) is 28.3 Å². The van der Waals surface area contributed by atoms with E-state index in [1.54, 1.807) is 26.2 Å². The van der Waals surface area contributed by atoms with Gasteiger partial charge in [-0.3, -0.25) is 4.79 Å². The second-order valence-electron chi connectivity index (χ2n) is 6.22. The number of methoxy groups -OCH3 is 2.